The fourth-order valence-corrected chi connectivity index (χ4v) is 5.13. The van der Waals surface area contributed by atoms with E-state index in [2.05, 4.69) is 10.3 Å². The zero-order chi connectivity index (χ0) is 26.6. The highest BCUT2D eigenvalue weighted by Crippen LogP contribution is 2.35. The number of aromatic nitrogens is 1. The van der Waals surface area contributed by atoms with Gasteiger partial charge in [0.15, 0.2) is 5.43 Å². The number of hydrogen-bond donors (Lipinski definition) is 2. The maximum Gasteiger partial charge on any atom is 0.494 e. The predicted molar refractivity (Wildman–Crippen MR) is 145 cm³/mol. The van der Waals surface area contributed by atoms with Crippen LogP contribution in [-0.2, 0) is 11.3 Å². The van der Waals surface area contributed by atoms with Crippen molar-refractivity contribution in [2.45, 2.75) is 53.2 Å². The fraction of sp³-hybridized carbons (Fsp3) is 0.286. The molecule has 5 rings (SSSR count). The summed E-state index contributed by atoms with van der Waals surface area (Å²) in [5.41, 5.74) is 4.56. The zero-order valence-electron chi connectivity index (χ0n) is 21.3. The lowest BCUT2D eigenvalue weighted by Gasteiger charge is -2.21. The van der Waals surface area contributed by atoms with Gasteiger partial charge in [0.25, 0.3) is 0 Å². The Hall–Kier alpha value is -3.20. The third-order valence-electron chi connectivity index (χ3n) is 6.82. The first-order chi connectivity index (χ1) is 17.6. The van der Waals surface area contributed by atoms with Gasteiger partial charge in [-0.2, -0.15) is 0 Å². The number of nitrogens with zero attached hydrogens (tertiary/aromatic N) is 1. The van der Waals surface area contributed by atoms with Crippen molar-refractivity contribution in [1.82, 2.24) is 4.98 Å². The van der Waals surface area contributed by atoms with Crippen molar-refractivity contribution in [3.05, 3.63) is 85.6 Å². The number of rotatable bonds is 5. The molecular weight excluding hydrogens is 494 g/mol. The molecule has 0 spiro atoms. The average Bonchev–Trinajstić information content (AvgIpc) is 3.23. The summed E-state index contributed by atoms with van der Waals surface area (Å²) < 4.78 is 27.0. The maximum absolute atomic E-state index is 15.5. The van der Waals surface area contributed by atoms with Crippen molar-refractivity contribution in [1.29, 1.82) is 0 Å². The molecule has 3 heterocycles. The molecule has 4 aromatic rings. The molecule has 0 fully saturated rings. The number of hydrogen-bond acceptors (Lipinski definition) is 6. The van der Waals surface area contributed by atoms with Gasteiger partial charge in [0.05, 0.1) is 29.4 Å². The highest BCUT2D eigenvalue weighted by Gasteiger charge is 2.33. The Morgan fingerprint density at radius 1 is 1.16 bits per heavy atom. The normalized spacial score (nSPS) is 13.9. The van der Waals surface area contributed by atoms with E-state index in [-0.39, 0.29) is 40.2 Å². The van der Waals surface area contributed by atoms with E-state index in [9.17, 15) is 9.82 Å². The van der Waals surface area contributed by atoms with Gasteiger partial charge in [-0.3, -0.25) is 4.79 Å². The van der Waals surface area contributed by atoms with Crippen LogP contribution in [0.3, 0.4) is 0 Å². The molecule has 0 unspecified atom stereocenters. The van der Waals surface area contributed by atoms with Gasteiger partial charge in [0.1, 0.15) is 22.3 Å². The smallest absolute Gasteiger partial charge is 0.460 e. The maximum atomic E-state index is 15.5. The molecule has 2 aromatic heterocycles. The Bertz CT molecular complexity index is 1600. The quantitative estimate of drug-likeness (QED) is 0.256. The Morgan fingerprint density at radius 2 is 1.92 bits per heavy atom. The second kappa shape index (κ2) is 9.60. The van der Waals surface area contributed by atoms with Gasteiger partial charge < -0.3 is 19.4 Å². The molecule has 0 saturated carbocycles. The Morgan fingerprint density at radius 3 is 2.65 bits per heavy atom. The molecule has 0 amide bonds. The molecule has 1 aliphatic heterocycles. The number of halogens is 2. The van der Waals surface area contributed by atoms with Crippen molar-refractivity contribution in [2.24, 2.45) is 0 Å². The predicted octanol–water partition coefficient (Wildman–Crippen LogP) is 5.78. The summed E-state index contributed by atoms with van der Waals surface area (Å²) in [5.74, 6) is 0.102. The molecule has 1 atom stereocenters. The summed E-state index contributed by atoms with van der Waals surface area (Å²) >= 11 is 6.21. The molecule has 0 saturated heterocycles. The third-order valence-corrected chi connectivity index (χ3v) is 7.03. The second-order valence-electron chi connectivity index (χ2n) is 9.87. The van der Waals surface area contributed by atoms with Crippen molar-refractivity contribution in [2.75, 3.05) is 5.32 Å². The van der Waals surface area contributed by atoms with Gasteiger partial charge in [-0.05, 0) is 56.2 Å². The Kier molecular flexibility index (Phi) is 6.60. The van der Waals surface area contributed by atoms with Crippen LogP contribution in [-0.4, -0.2) is 17.1 Å². The number of nitrogens with one attached hydrogen (secondary N) is 1. The van der Waals surface area contributed by atoms with Crippen LogP contribution < -0.4 is 16.2 Å². The number of anilines is 1. The first kappa shape index (κ1) is 25.5. The summed E-state index contributed by atoms with van der Waals surface area (Å²) in [6.07, 6.45) is 0. The largest absolute Gasteiger partial charge is 0.494 e. The first-order valence-electron chi connectivity index (χ1n) is 12.2. The van der Waals surface area contributed by atoms with E-state index in [0.29, 0.717) is 39.2 Å². The highest BCUT2D eigenvalue weighted by atomic mass is 35.5. The van der Waals surface area contributed by atoms with E-state index < -0.39 is 12.9 Å². The third kappa shape index (κ3) is 4.43. The van der Waals surface area contributed by atoms with Crippen LogP contribution in [0, 0.1) is 19.7 Å². The second-order valence-corrected chi connectivity index (χ2v) is 10.3. The van der Waals surface area contributed by atoms with Crippen molar-refractivity contribution in [3.8, 4) is 11.3 Å². The van der Waals surface area contributed by atoms with Crippen LogP contribution in [0.1, 0.15) is 60.7 Å². The lowest BCUT2D eigenvalue weighted by molar-refractivity contribution is 0.275. The van der Waals surface area contributed by atoms with E-state index in [0.717, 1.165) is 11.1 Å². The summed E-state index contributed by atoms with van der Waals surface area (Å²) in [6, 6.07) is 10.2. The number of fused-ring (bicyclic) bond motifs is 2. The molecule has 0 bridgehead atoms. The molecule has 6 nitrogen and oxygen atoms in total. The van der Waals surface area contributed by atoms with Crippen molar-refractivity contribution >= 4 is 40.8 Å². The van der Waals surface area contributed by atoms with Gasteiger partial charge in [-0.1, -0.05) is 37.6 Å². The highest BCUT2D eigenvalue weighted by molar-refractivity contribution is 6.61. The zero-order valence-corrected chi connectivity index (χ0v) is 22.0. The lowest BCUT2D eigenvalue weighted by Crippen LogP contribution is -2.31. The molecular formula is C28H27BClFN2O4. The van der Waals surface area contributed by atoms with Crippen LogP contribution in [0.5, 0.6) is 0 Å². The summed E-state index contributed by atoms with van der Waals surface area (Å²) in [5, 5.41) is 14.3. The van der Waals surface area contributed by atoms with E-state index in [4.69, 9.17) is 20.7 Å². The lowest BCUT2D eigenvalue weighted by atomic mass is 9.77. The Balaban J connectivity index is 1.62. The van der Waals surface area contributed by atoms with Crippen LogP contribution in [0.4, 0.5) is 10.1 Å². The van der Waals surface area contributed by atoms with Gasteiger partial charge in [0.2, 0.25) is 0 Å². The van der Waals surface area contributed by atoms with E-state index in [1.807, 2.05) is 39.8 Å². The summed E-state index contributed by atoms with van der Waals surface area (Å²) in [4.78, 5) is 17.6. The van der Waals surface area contributed by atoms with E-state index in [1.165, 1.54) is 0 Å². The topological polar surface area (TPSA) is 84.6 Å². The van der Waals surface area contributed by atoms with Crippen molar-refractivity contribution in [3.63, 3.8) is 0 Å². The van der Waals surface area contributed by atoms with Crippen LogP contribution in [0.25, 0.3) is 22.2 Å². The Labute approximate surface area is 219 Å². The first-order valence-corrected chi connectivity index (χ1v) is 12.6. The van der Waals surface area contributed by atoms with E-state index in [1.54, 1.807) is 31.2 Å². The standard InChI is InChI=1S/C28H27BClFN2O4/c1-13(2)27-15(4)26(34)20-11-14(3)10-19(28(20)37-27)16(5)32-21-8-9-22(30)33-25(21)18-7-6-17-12-36-29(35)23(17)24(18)31/h6-11,13,16,32,35H,12H2,1-5H3/t16-/m0/s1. The minimum Gasteiger partial charge on any atom is -0.460 e. The van der Waals surface area contributed by atoms with Gasteiger partial charge in [-0.15, -0.1) is 0 Å². The molecule has 1 aliphatic rings. The monoisotopic (exact) mass is 520 g/mol. The van der Waals surface area contributed by atoms with Crippen molar-refractivity contribution < 1.29 is 18.5 Å². The van der Waals surface area contributed by atoms with Gasteiger partial charge in [-0.25, -0.2) is 9.37 Å². The van der Waals surface area contributed by atoms with Gasteiger partial charge >= 0.3 is 7.12 Å². The number of benzene rings is 2. The van der Waals surface area contributed by atoms with Crippen LogP contribution >= 0.6 is 11.6 Å². The van der Waals surface area contributed by atoms with Gasteiger partial charge in [0, 0.05) is 28.1 Å². The molecule has 0 radical (unpaired) electrons. The molecule has 0 aliphatic carbocycles. The van der Waals surface area contributed by atoms with Crippen LogP contribution in [0.2, 0.25) is 5.15 Å². The van der Waals surface area contributed by atoms with E-state index >= 15 is 4.39 Å². The molecule has 9 heteroatoms. The fourth-order valence-electron chi connectivity index (χ4n) is 4.99. The number of pyridine rings is 1. The minimum absolute atomic E-state index is 0.0445. The SMILES string of the molecule is Cc1cc([C@H](C)Nc2ccc(Cl)nc2-c2ccc3c(c2F)B(O)OC3)c2oc(C(C)C)c(C)c(=O)c2c1. The van der Waals surface area contributed by atoms with Crippen LogP contribution in [0.15, 0.2) is 45.6 Å². The summed E-state index contributed by atoms with van der Waals surface area (Å²) in [7, 11) is -1.33. The molecule has 37 heavy (non-hydrogen) atoms. The minimum atomic E-state index is -1.33. The molecule has 190 valence electrons. The molecule has 2 N–H and O–H groups in total. The average molecular weight is 521 g/mol. The summed E-state index contributed by atoms with van der Waals surface area (Å²) in [6.45, 7) is 9.80. The molecule has 2 aromatic carbocycles. The number of aryl methyl sites for hydroxylation is 1.